The number of hydrogen-bond donors (Lipinski definition) is 5. The molecular weight excluding hydrogens is 660 g/mol. The number of anilines is 2. The van der Waals surface area contributed by atoms with E-state index in [0.717, 1.165) is 28.3 Å². The number of nitrogen functional groups attached to an aromatic ring is 1. The minimum atomic E-state index is -5.27. The predicted molar refractivity (Wildman–Crippen MR) is 165 cm³/mol. The molecule has 20 heteroatoms. The molecule has 1 fully saturated rings. The molecule has 0 radical (unpaired) electrons. The number of thiazole rings is 1. The minimum absolute atomic E-state index is 0.0507. The number of oxime groups is 1. The lowest BCUT2D eigenvalue weighted by Crippen LogP contribution is -2.76. The first-order valence-corrected chi connectivity index (χ1v) is 16.0. The Kier molecular flexibility index (Phi) is 10.6. The number of hydroxylamine groups is 2. The molecule has 1 aliphatic heterocycles. The number of nitrogens with two attached hydrogens (primary N) is 2. The van der Waals surface area contributed by atoms with E-state index in [2.05, 4.69) is 25.1 Å². The standard InChI is InChI=1S/C27H32N8O10S2/c1-27(2)22(24(37)35(27)45-47(40,41)42)32-23(36)21(18-14-46-26(29)31-18)33-44-19(25(38)39)13-43-17-6-4-15(5-7-17)16-8-11-34(3)20(12-16)30-10-9-28/h4-8,11-12,14,19,22H,9-10,13,28H2,1-3H3,(H5,29,31,32,36,38,39,40,41,42)/b33-21-/t19-,22+/m0/s1. The number of carboxylic acids is 1. The van der Waals surface area contributed by atoms with Gasteiger partial charge in [0.15, 0.2) is 10.8 Å². The Morgan fingerprint density at radius 3 is 2.53 bits per heavy atom. The summed E-state index contributed by atoms with van der Waals surface area (Å²) in [6.45, 7) is 3.24. The zero-order chi connectivity index (χ0) is 34.5. The van der Waals surface area contributed by atoms with Crippen molar-refractivity contribution in [2.24, 2.45) is 17.9 Å². The Labute approximate surface area is 272 Å². The van der Waals surface area contributed by atoms with Crippen molar-refractivity contribution >= 4 is 56.2 Å². The second-order valence-electron chi connectivity index (χ2n) is 10.6. The van der Waals surface area contributed by atoms with Gasteiger partial charge >= 0.3 is 5.97 Å². The highest BCUT2D eigenvalue weighted by atomic mass is 32.3. The second-order valence-corrected chi connectivity index (χ2v) is 12.4. The lowest BCUT2D eigenvalue weighted by Gasteiger charge is -2.51. The summed E-state index contributed by atoms with van der Waals surface area (Å²) >= 11 is 0.951. The summed E-state index contributed by atoms with van der Waals surface area (Å²) in [5.41, 5.74) is 11.0. The number of nitrogens with zero attached hydrogens (tertiary/aromatic N) is 4. The molecule has 4 rings (SSSR count). The maximum absolute atomic E-state index is 13.2. The number of aliphatic carboxylic acids is 1. The average molecular weight is 693 g/mol. The molecule has 0 bridgehead atoms. The van der Waals surface area contributed by atoms with Gasteiger partial charge in [0.1, 0.15) is 24.1 Å². The molecule has 1 aromatic carbocycles. The number of carboxylic acid groups (broad SMARTS) is 1. The van der Waals surface area contributed by atoms with Crippen LogP contribution in [0.25, 0.3) is 11.1 Å². The third kappa shape index (κ3) is 8.48. The van der Waals surface area contributed by atoms with Crippen molar-refractivity contribution in [2.45, 2.75) is 31.5 Å². The van der Waals surface area contributed by atoms with Crippen LogP contribution < -0.4 is 31.4 Å². The van der Waals surface area contributed by atoms with Gasteiger partial charge < -0.3 is 36.0 Å². The molecule has 0 aliphatic carbocycles. The molecule has 1 saturated heterocycles. The number of ether oxygens (including phenoxy) is 1. The van der Waals surface area contributed by atoms with Gasteiger partial charge in [0.25, 0.3) is 23.7 Å². The number of aromatic nitrogens is 2. The van der Waals surface area contributed by atoms with Gasteiger partial charge in [0, 0.05) is 18.0 Å². The van der Waals surface area contributed by atoms with Crippen LogP contribution in [0.4, 0.5) is 10.9 Å². The van der Waals surface area contributed by atoms with Crippen LogP contribution in [0, 0.1) is 0 Å². The normalized spacial score (nSPS) is 16.6. The van der Waals surface area contributed by atoms with Crippen molar-refractivity contribution < 1.29 is 50.9 Å². The summed E-state index contributed by atoms with van der Waals surface area (Å²) in [4.78, 5) is 46.8. The fourth-order valence-corrected chi connectivity index (χ4v) is 5.32. The molecule has 2 amide bonds. The van der Waals surface area contributed by atoms with Crippen molar-refractivity contribution in [3.8, 4) is 16.9 Å². The molecule has 0 saturated carbocycles. The van der Waals surface area contributed by atoms with E-state index < -0.39 is 58.2 Å². The summed E-state index contributed by atoms with van der Waals surface area (Å²) in [5.74, 6) is -2.33. The predicted octanol–water partition coefficient (Wildman–Crippen LogP) is -0.662. The van der Waals surface area contributed by atoms with Crippen LogP contribution in [-0.2, 0) is 41.0 Å². The molecule has 3 heterocycles. The fourth-order valence-electron chi connectivity index (χ4n) is 4.32. The number of hydrogen-bond acceptors (Lipinski definition) is 15. The molecule has 0 unspecified atom stereocenters. The highest BCUT2D eigenvalue weighted by Crippen LogP contribution is 2.33. The van der Waals surface area contributed by atoms with Crippen LogP contribution in [0.2, 0.25) is 0 Å². The van der Waals surface area contributed by atoms with Crippen molar-refractivity contribution in [2.75, 3.05) is 30.7 Å². The van der Waals surface area contributed by atoms with E-state index >= 15 is 0 Å². The smallest absolute Gasteiger partial charge is 0.351 e. The van der Waals surface area contributed by atoms with Gasteiger partial charge in [0.2, 0.25) is 10.4 Å². The highest BCUT2D eigenvalue weighted by Gasteiger charge is 2.57. The Morgan fingerprint density at radius 2 is 1.96 bits per heavy atom. The molecule has 7 N–H and O–H groups in total. The topological polar surface area (TPSA) is 265 Å². The van der Waals surface area contributed by atoms with Crippen molar-refractivity contribution in [1.82, 2.24) is 15.4 Å². The first-order chi connectivity index (χ1) is 22.1. The summed E-state index contributed by atoms with van der Waals surface area (Å²) < 4.78 is 44.7. The van der Waals surface area contributed by atoms with Gasteiger partial charge in [-0.05, 0) is 43.2 Å². The molecule has 1 aliphatic rings. The van der Waals surface area contributed by atoms with Crippen LogP contribution >= 0.6 is 11.3 Å². The largest absolute Gasteiger partial charge is 0.724 e. The second kappa shape index (κ2) is 14.3. The van der Waals surface area contributed by atoms with Crippen LogP contribution in [0.5, 0.6) is 5.75 Å². The van der Waals surface area contributed by atoms with E-state index in [-0.39, 0.29) is 10.8 Å². The first kappa shape index (κ1) is 35.0. The number of nitrogens with one attached hydrogen (secondary N) is 2. The monoisotopic (exact) mass is 692 g/mol. The van der Waals surface area contributed by atoms with E-state index in [4.69, 9.17) is 21.0 Å². The number of amides is 2. The first-order valence-electron chi connectivity index (χ1n) is 13.8. The molecule has 18 nitrogen and oxygen atoms in total. The number of aryl methyl sites for hydroxylation is 1. The molecule has 0 spiro atoms. The third-order valence-electron chi connectivity index (χ3n) is 6.83. The summed E-state index contributed by atoms with van der Waals surface area (Å²) in [5, 5.41) is 20.7. The number of β-lactam (4-membered cyclic amide) rings is 1. The van der Waals surface area contributed by atoms with E-state index in [9.17, 15) is 32.5 Å². The van der Waals surface area contributed by atoms with E-state index in [1.165, 1.54) is 19.2 Å². The average Bonchev–Trinajstić information content (AvgIpc) is 3.44. The SMILES string of the molecule is C[n+]1ccc(-c2ccc(OC[C@H](O/N=C(\C(=O)N[C@@H]3C(=O)N(OS(=O)(=O)[O-])C3(C)C)c3csc(N)n3)C(=O)O)cc2)cc1NCCN. The Hall–Kier alpha value is -4.89. The molecule has 252 valence electrons. The number of rotatable bonds is 15. The van der Waals surface area contributed by atoms with Crippen molar-refractivity contribution in [3.05, 3.63) is 53.7 Å². The zero-order valence-corrected chi connectivity index (χ0v) is 26.9. The molecule has 2 aromatic heterocycles. The van der Waals surface area contributed by atoms with Crippen molar-refractivity contribution in [1.29, 1.82) is 0 Å². The van der Waals surface area contributed by atoms with E-state index in [0.29, 0.717) is 23.9 Å². The maximum atomic E-state index is 13.2. The van der Waals surface area contributed by atoms with Crippen LogP contribution in [-0.4, -0.2) is 89.0 Å². The van der Waals surface area contributed by atoms with Crippen LogP contribution in [0.15, 0.2) is 53.1 Å². The van der Waals surface area contributed by atoms with Gasteiger partial charge in [-0.1, -0.05) is 17.3 Å². The Bertz CT molecular complexity index is 1780. The van der Waals surface area contributed by atoms with Gasteiger partial charge in [0.05, 0.1) is 25.3 Å². The van der Waals surface area contributed by atoms with Gasteiger partial charge in [-0.2, -0.15) is 9.35 Å². The third-order valence-corrected chi connectivity index (χ3v) is 7.84. The highest BCUT2D eigenvalue weighted by molar-refractivity contribution is 7.80. The Morgan fingerprint density at radius 1 is 1.26 bits per heavy atom. The van der Waals surface area contributed by atoms with Crippen LogP contribution in [0.3, 0.4) is 0 Å². The van der Waals surface area contributed by atoms with Gasteiger partial charge in [-0.15, -0.1) is 11.3 Å². The molecular formula is C27H32N8O10S2. The number of pyridine rings is 1. The van der Waals surface area contributed by atoms with E-state index in [1.54, 1.807) is 24.3 Å². The summed E-state index contributed by atoms with van der Waals surface area (Å²) in [7, 11) is -3.37. The van der Waals surface area contributed by atoms with E-state index in [1.807, 2.05) is 29.9 Å². The minimum Gasteiger partial charge on any atom is -0.724 e. The summed E-state index contributed by atoms with van der Waals surface area (Å²) in [6.07, 6.45) is 0.213. The zero-order valence-electron chi connectivity index (χ0n) is 25.3. The lowest BCUT2D eigenvalue weighted by atomic mass is 9.84. The number of benzene rings is 1. The Balaban J connectivity index is 1.45. The fraction of sp³-hybridized carbons (Fsp3) is 0.333. The van der Waals surface area contributed by atoms with Gasteiger partial charge in [-0.25, -0.2) is 22.8 Å². The maximum Gasteiger partial charge on any atom is 0.351 e. The molecule has 47 heavy (non-hydrogen) atoms. The molecule has 2 atom stereocenters. The lowest BCUT2D eigenvalue weighted by molar-refractivity contribution is -0.657. The van der Waals surface area contributed by atoms with Crippen LogP contribution in [0.1, 0.15) is 19.5 Å². The van der Waals surface area contributed by atoms with Gasteiger partial charge in [-0.3, -0.25) is 14.9 Å². The summed E-state index contributed by atoms with van der Waals surface area (Å²) in [6, 6.07) is 9.43. The number of carbonyl (C=O) groups is 3. The molecule has 3 aromatic rings. The number of carbonyl (C=O) groups excluding carboxylic acids is 2. The quantitative estimate of drug-likeness (QED) is 0.0331. The van der Waals surface area contributed by atoms with Crippen molar-refractivity contribution in [3.63, 3.8) is 0 Å².